The Hall–Kier alpha value is -1.98. The van der Waals surface area contributed by atoms with Crippen LogP contribution in [0.25, 0.3) is 0 Å². The quantitative estimate of drug-likeness (QED) is 0.839. The van der Waals surface area contributed by atoms with Crippen molar-refractivity contribution >= 4 is 17.6 Å². The van der Waals surface area contributed by atoms with Crippen molar-refractivity contribution < 1.29 is 23.5 Å². The van der Waals surface area contributed by atoms with E-state index in [1.54, 1.807) is 20.8 Å². The minimum atomic E-state index is -1.41. The first-order valence-corrected chi connectivity index (χ1v) is 6.04. The van der Waals surface area contributed by atoms with Gasteiger partial charge < -0.3 is 10.4 Å². The van der Waals surface area contributed by atoms with Crippen LogP contribution in [0.5, 0.6) is 0 Å². The number of hydrogen-bond donors (Lipinski definition) is 2. The van der Waals surface area contributed by atoms with E-state index in [0.29, 0.717) is 0 Å². The van der Waals surface area contributed by atoms with Crippen LogP contribution in [0.3, 0.4) is 0 Å². The van der Waals surface area contributed by atoms with Crippen LogP contribution in [0.2, 0.25) is 0 Å². The predicted molar refractivity (Wildman–Crippen MR) is 70.3 cm³/mol. The molecule has 1 unspecified atom stereocenters. The molecule has 20 heavy (non-hydrogen) atoms. The minimum Gasteiger partial charge on any atom is -0.481 e. The van der Waals surface area contributed by atoms with Crippen LogP contribution in [-0.4, -0.2) is 17.0 Å². The summed E-state index contributed by atoms with van der Waals surface area (Å²) in [6, 6.07) is 2.25. The second kappa shape index (κ2) is 5.56. The monoisotopic (exact) mass is 285 g/mol. The van der Waals surface area contributed by atoms with Crippen LogP contribution >= 0.6 is 0 Å². The zero-order valence-corrected chi connectivity index (χ0v) is 11.8. The number of nitrogens with one attached hydrogen (secondary N) is 1. The molecule has 1 aromatic rings. The molecule has 6 heteroatoms. The number of carboxylic acids is 1. The van der Waals surface area contributed by atoms with Gasteiger partial charge in [-0.3, -0.25) is 9.59 Å². The molecule has 0 bridgehead atoms. The van der Waals surface area contributed by atoms with Crippen molar-refractivity contribution in [2.24, 2.45) is 11.3 Å². The first-order chi connectivity index (χ1) is 9.05. The number of aliphatic carboxylic acids is 1. The van der Waals surface area contributed by atoms with E-state index in [4.69, 9.17) is 5.11 Å². The summed E-state index contributed by atoms with van der Waals surface area (Å²) >= 11 is 0. The zero-order chi connectivity index (χ0) is 15.7. The largest absolute Gasteiger partial charge is 0.481 e. The van der Waals surface area contributed by atoms with Gasteiger partial charge in [-0.05, 0) is 24.0 Å². The van der Waals surface area contributed by atoms with Gasteiger partial charge in [0.1, 0.15) is 17.4 Å². The maximum atomic E-state index is 13.8. The number of halogens is 2. The maximum absolute atomic E-state index is 13.8. The third kappa shape index (κ3) is 3.31. The lowest BCUT2D eigenvalue weighted by atomic mass is 9.80. The molecule has 0 aliphatic heterocycles. The molecule has 0 fully saturated rings. The fourth-order valence-corrected chi connectivity index (χ4v) is 1.84. The highest BCUT2D eigenvalue weighted by molar-refractivity contribution is 6.05. The minimum absolute atomic E-state index is 0.157. The van der Waals surface area contributed by atoms with Crippen LogP contribution in [0, 0.1) is 29.9 Å². The number of carboxylic acid groups (broad SMARTS) is 1. The average molecular weight is 285 g/mol. The first kappa shape index (κ1) is 16.1. The molecule has 1 aromatic carbocycles. The number of carbonyl (C=O) groups excluding carboxylic acids is 1. The van der Waals surface area contributed by atoms with E-state index in [2.05, 4.69) is 0 Å². The normalized spacial score (nSPS) is 12.9. The lowest BCUT2D eigenvalue weighted by molar-refractivity contribution is -0.149. The molecule has 4 nitrogen and oxygen atoms in total. The molecule has 0 aromatic heterocycles. The topological polar surface area (TPSA) is 66.4 Å². The van der Waals surface area contributed by atoms with Crippen LogP contribution in [0.1, 0.15) is 26.3 Å². The molecular formula is C14H17F2NO3. The Bertz CT molecular complexity index is 550. The van der Waals surface area contributed by atoms with Gasteiger partial charge in [0.2, 0.25) is 5.91 Å². The van der Waals surface area contributed by atoms with Gasteiger partial charge in [0, 0.05) is 0 Å². The highest BCUT2D eigenvalue weighted by atomic mass is 19.1. The molecular weight excluding hydrogens is 268 g/mol. The second-order valence-electron chi connectivity index (χ2n) is 5.68. The lowest BCUT2D eigenvalue weighted by Gasteiger charge is -2.26. The number of amides is 1. The van der Waals surface area contributed by atoms with Crippen LogP contribution < -0.4 is 5.32 Å². The molecule has 0 aliphatic carbocycles. The Morgan fingerprint density at radius 1 is 1.25 bits per heavy atom. The van der Waals surface area contributed by atoms with Crippen molar-refractivity contribution in [3.8, 4) is 0 Å². The summed E-state index contributed by atoms with van der Waals surface area (Å²) in [5.41, 5.74) is -1.35. The van der Waals surface area contributed by atoms with Gasteiger partial charge in [-0.25, -0.2) is 8.78 Å². The Labute approximate surface area is 115 Å². The van der Waals surface area contributed by atoms with Crippen LogP contribution in [0.15, 0.2) is 12.1 Å². The summed E-state index contributed by atoms with van der Waals surface area (Å²) in [6.07, 6.45) is 0. The smallest absolute Gasteiger partial charge is 0.316 e. The lowest BCUT2D eigenvalue weighted by Crippen LogP contribution is -2.39. The van der Waals surface area contributed by atoms with Crippen molar-refractivity contribution in [3.63, 3.8) is 0 Å². The van der Waals surface area contributed by atoms with Crippen molar-refractivity contribution in [2.45, 2.75) is 27.7 Å². The predicted octanol–water partition coefficient (Wildman–Crippen LogP) is 2.96. The van der Waals surface area contributed by atoms with E-state index in [1.165, 1.54) is 13.0 Å². The molecule has 1 atom stereocenters. The SMILES string of the molecule is Cc1ccc(F)c(NC(=O)C(C(=O)O)C(C)(C)C)c1F. The van der Waals surface area contributed by atoms with Gasteiger partial charge in [0.05, 0.1) is 0 Å². The summed E-state index contributed by atoms with van der Waals surface area (Å²) < 4.78 is 27.3. The molecule has 0 radical (unpaired) electrons. The summed E-state index contributed by atoms with van der Waals surface area (Å²) in [4.78, 5) is 23.2. The molecule has 1 rings (SSSR count). The van der Waals surface area contributed by atoms with E-state index in [-0.39, 0.29) is 5.56 Å². The van der Waals surface area contributed by atoms with Crippen molar-refractivity contribution in [1.29, 1.82) is 0 Å². The Morgan fingerprint density at radius 2 is 1.80 bits per heavy atom. The zero-order valence-electron chi connectivity index (χ0n) is 11.8. The van der Waals surface area contributed by atoms with E-state index < -0.39 is 40.5 Å². The Kier molecular flexibility index (Phi) is 4.47. The Balaban J connectivity index is 3.13. The molecule has 0 spiro atoms. The number of anilines is 1. The standard InChI is InChI=1S/C14H17F2NO3/c1-7-5-6-8(15)11(10(7)16)17-12(18)9(13(19)20)14(2,3)4/h5-6,9H,1-4H3,(H,17,18)(H,19,20). The van der Waals surface area contributed by atoms with Gasteiger partial charge >= 0.3 is 5.97 Å². The molecule has 0 heterocycles. The number of aryl methyl sites for hydroxylation is 1. The van der Waals surface area contributed by atoms with Gasteiger partial charge in [-0.1, -0.05) is 26.8 Å². The van der Waals surface area contributed by atoms with E-state index in [0.717, 1.165) is 6.07 Å². The van der Waals surface area contributed by atoms with Crippen LogP contribution in [-0.2, 0) is 9.59 Å². The van der Waals surface area contributed by atoms with E-state index in [1.807, 2.05) is 5.32 Å². The molecule has 0 aliphatic rings. The number of rotatable bonds is 3. The molecule has 110 valence electrons. The summed E-state index contributed by atoms with van der Waals surface area (Å²) in [5.74, 6) is -5.56. The summed E-state index contributed by atoms with van der Waals surface area (Å²) in [6.45, 7) is 6.11. The van der Waals surface area contributed by atoms with Gasteiger partial charge in [0.25, 0.3) is 0 Å². The number of carbonyl (C=O) groups is 2. The van der Waals surface area contributed by atoms with Gasteiger partial charge in [-0.2, -0.15) is 0 Å². The molecule has 2 N–H and O–H groups in total. The highest BCUT2D eigenvalue weighted by Gasteiger charge is 2.38. The van der Waals surface area contributed by atoms with Crippen LogP contribution in [0.4, 0.5) is 14.5 Å². The fourth-order valence-electron chi connectivity index (χ4n) is 1.84. The van der Waals surface area contributed by atoms with Crippen molar-refractivity contribution in [2.75, 3.05) is 5.32 Å². The molecule has 0 saturated carbocycles. The van der Waals surface area contributed by atoms with Gasteiger partial charge in [-0.15, -0.1) is 0 Å². The highest BCUT2D eigenvalue weighted by Crippen LogP contribution is 2.29. The Morgan fingerprint density at radius 3 is 2.25 bits per heavy atom. The number of benzene rings is 1. The third-order valence-corrected chi connectivity index (χ3v) is 2.91. The first-order valence-electron chi connectivity index (χ1n) is 6.04. The van der Waals surface area contributed by atoms with Crippen molar-refractivity contribution in [1.82, 2.24) is 0 Å². The number of hydrogen-bond acceptors (Lipinski definition) is 2. The summed E-state index contributed by atoms with van der Waals surface area (Å²) in [5, 5.41) is 11.1. The molecule has 0 saturated heterocycles. The average Bonchev–Trinajstić information content (AvgIpc) is 2.27. The molecule has 1 amide bonds. The summed E-state index contributed by atoms with van der Waals surface area (Å²) in [7, 11) is 0. The maximum Gasteiger partial charge on any atom is 0.316 e. The van der Waals surface area contributed by atoms with E-state index >= 15 is 0 Å². The van der Waals surface area contributed by atoms with E-state index in [9.17, 15) is 18.4 Å². The van der Waals surface area contributed by atoms with Crippen molar-refractivity contribution in [3.05, 3.63) is 29.3 Å². The fraction of sp³-hybridized carbons (Fsp3) is 0.429. The second-order valence-corrected chi connectivity index (χ2v) is 5.68. The third-order valence-electron chi connectivity index (χ3n) is 2.91. The van der Waals surface area contributed by atoms with Gasteiger partial charge in [0.15, 0.2) is 5.82 Å².